The Morgan fingerprint density at radius 2 is 2.11 bits per heavy atom. The minimum Gasteiger partial charge on any atom is -0.264 e. The monoisotopic (exact) mass is 139 g/mol. The van der Waals surface area contributed by atoms with Crippen molar-refractivity contribution >= 4 is 18.8 Å². The zero-order valence-corrected chi connectivity index (χ0v) is 6.01. The molecule has 9 heavy (non-hydrogen) atoms. The normalized spacial score (nSPS) is 11.9. The zero-order valence-electron chi connectivity index (χ0n) is 5.12. The Balaban J connectivity index is 3.81. The molecule has 0 aliphatic rings. The third-order valence-corrected chi connectivity index (χ3v) is 0.905. The second-order valence-corrected chi connectivity index (χ2v) is 1.81. The van der Waals surface area contributed by atoms with Gasteiger partial charge in [-0.1, -0.05) is 25.3 Å². The average molecular weight is 139 g/mol. The predicted octanol–water partition coefficient (Wildman–Crippen LogP) is 2.20. The van der Waals surface area contributed by atoms with Crippen LogP contribution in [-0.2, 0) is 0 Å². The van der Waals surface area contributed by atoms with Gasteiger partial charge in [-0.3, -0.25) is 4.99 Å². The Morgan fingerprint density at radius 3 is 2.56 bits per heavy atom. The van der Waals surface area contributed by atoms with Crippen molar-refractivity contribution in [1.29, 1.82) is 0 Å². The summed E-state index contributed by atoms with van der Waals surface area (Å²) in [5.74, 6) is 0. The molecular formula is C7H9NS. The Hall–Kier alpha value is -0.760. The van der Waals surface area contributed by atoms with E-state index in [9.17, 15) is 0 Å². The van der Waals surface area contributed by atoms with Gasteiger partial charge in [0.15, 0.2) is 0 Å². The SMILES string of the molecule is C=C/C=N\C=C(\S)C=C. The fraction of sp³-hybridized carbons (Fsp3) is 0. The van der Waals surface area contributed by atoms with E-state index in [0.717, 1.165) is 4.91 Å². The van der Waals surface area contributed by atoms with Crippen molar-refractivity contribution in [1.82, 2.24) is 0 Å². The Kier molecular flexibility index (Phi) is 4.92. The van der Waals surface area contributed by atoms with Gasteiger partial charge < -0.3 is 0 Å². The second kappa shape index (κ2) is 5.38. The summed E-state index contributed by atoms with van der Waals surface area (Å²) < 4.78 is 0. The largest absolute Gasteiger partial charge is 0.264 e. The molecular weight excluding hydrogens is 130 g/mol. The minimum absolute atomic E-state index is 0.744. The second-order valence-electron chi connectivity index (χ2n) is 1.29. The fourth-order valence-electron chi connectivity index (χ4n) is 0.233. The van der Waals surface area contributed by atoms with Gasteiger partial charge in [0.2, 0.25) is 0 Å². The van der Waals surface area contributed by atoms with Crippen LogP contribution in [0.1, 0.15) is 0 Å². The highest BCUT2D eigenvalue weighted by atomic mass is 32.1. The van der Waals surface area contributed by atoms with E-state index in [1.165, 1.54) is 0 Å². The fourth-order valence-corrected chi connectivity index (χ4v) is 0.300. The van der Waals surface area contributed by atoms with Crippen molar-refractivity contribution in [3.05, 3.63) is 36.4 Å². The summed E-state index contributed by atoms with van der Waals surface area (Å²) >= 11 is 4.00. The van der Waals surface area contributed by atoms with Gasteiger partial charge in [-0.05, 0) is 0 Å². The molecule has 2 heteroatoms. The maximum absolute atomic E-state index is 4.00. The molecule has 0 atom stereocenters. The third kappa shape index (κ3) is 5.11. The molecule has 0 saturated carbocycles. The summed E-state index contributed by atoms with van der Waals surface area (Å²) in [6.45, 7) is 6.95. The van der Waals surface area contributed by atoms with Gasteiger partial charge in [0, 0.05) is 17.3 Å². The lowest BCUT2D eigenvalue weighted by Gasteiger charge is -1.80. The van der Waals surface area contributed by atoms with E-state index < -0.39 is 0 Å². The Morgan fingerprint density at radius 1 is 1.44 bits per heavy atom. The van der Waals surface area contributed by atoms with Gasteiger partial charge in [-0.25, -0.2) is 0 Å². The van der Waals surface area contributed by atoms with Gasteiger partial charge in [0.1, 0.15) is 0 Å². The van der Waals surface area contributed by atoms with Crippen LogP contribution in [-0.4, -0.2) is 6.21 Å². The first-order valence-electron chi connectivity index (χ1n) is 2.47. The average Bonchev–Trinajstić information content (AvgIpc) is 1.89. The molecule has 1 nitrogen and oxygen atoms in total. The molecule has 0 aliphatic heterocycles. The predicted molar refractivity (Wildman–Crippen MR) is 46.0 cm³/mol. The van der Waals surface area contributed by atoms with Crippen molar-refractivity contribution < 1.29 is 0 Å². The maximum atomic E-state index is 4.00. The smallest absolute Gasteiger partial charge is 0.0401 e. The number of aliphatic imine (C=N–C) groups is 1. The summed E-state index contributed by atoms with van der Waals surface area (Å²) in [5, 5.41) is 0. The lowest BCUT2D eigenvalue weighted by molar-refractivity contribution is 1.58. The van der Waals surface area contributed by atoms with E-state index in [2.05, 4.69) is 30.8 Å². The molecule has 0 aromatic carbocycles. The van der Waals surface area contributed by atoms with Crippen LogP contribution in [0, 0.1) is 0 Å². The molecule has 0 aromatic rings. The van der Waals surface area contributed by atoms with Crippen LogP contribution >= 0.6 is 12.6 Å². The molecule has 0 unspecified atom stereocenters. The van der Waals surface area contributed by atoms with Gasteiger partial charge in [0.25, 0.3) is 0 Å². The first kappa shape index (κ1) is 8.24. The number of thiol groups is 1. The van der Waals surface area contributed by atoms with Gasteiger partial charge >= 0.3 is 0 Å². The van der Waals surface area contributed by atoms with Crippen molar-refractivity contribution in [3.8, 4) is 0 Å². The number of rotatable bonds is 3. The molecule has 0 radical (unpaired) electrons. The third-order valence-electron chi connectivity index (χ3n) is 0.607. The lowest BCUT2D eigenvalue weighted by Crippen LogP contribution is -1.60. The van der Waals surface area contributed by atoms with Crippen LogP contribution < -0.4 is 0 Å². The molecule has 0 saturated heterocycles. The van der Waals surface area contributed by atoms with Crippen LogP contribution in [0.25, 0.3) is 0 Å². The topological polar surface area (TPSA) is 12.4 Å². The molecule has 0 aromatic heterocycles. The standard InChI is InChI=1S/C7H9NS/c1-3-5-8-6-7(9)4-2/h3-6,9H,1-2H2/b7-6+,8-5-. The lowest BCUT2D eigenvalue weighted by atomic mass is 10.6. The molecule has 0 fully saturated rings. The number of nitrogens with zero attached hydrogens (tertiary/aromatic N) is 1. The van der Waals surface area contributed by atoms with Gasteiger partial charge in [-0.2, -0.15) is 0 Å². The van der Waals surface area contributed by atoms with Crippen molar-refractivity contribution in [2.75, 3.05) is 0 Å². The van der Waals surface area contributed by atoms with E-state index >= 15 is 0 Å². The van der Waals surface area contributed by atoms with Crippen LogP contribution in [0.3, 0.4) is 0 Å². The van der Waals surface area contributed by atoms with E-state index in [0.29, 0.717) is 0 Å². The molecule has 0 spiro atoms. The first-order chi connectivity index (χ1) is 4.31. The molecule has 48 valence electrons. The quantitative estimate of drug-likeness (QED) is 0.349. The Labute approximate surface area is 60.9 Å². The van der Waals surface area contributed by atoms with Crippen molar-refractivity contribution in [2.45, 2.75) is 0 Å². The summed E-state index contributed by atoms with van der Waals surface area (Å²) in [4.78, 5) is 4.55. The summed E-state index contributed by atoms with van der Waals surface area (Å²) in [5.41, 5.74) is 0. The van der Waals surface area contributed by atoms with Crippen molar-refractivity contribution in [2.24, 2.45) is 4.99 Å². The highest BCUT2D eigenvalue weighted by Crippen LogP contribution is 1.98. The van der Waals surface area contributed by atoms with E-state index in [1.807, 2.05) is 0 Å². The first-order valence-corrected chi connectivity index (χ1v) is 2.91. The van der Waals surface area contributed by atoms with Crippen LogP contribution in [0.2, 0.25) is 0 Å². The summed E-state index contributed by atoms with van der Waals surface area (Å²) in [7, 11) is 0. The molecule has 0 bridgehead atoms. The van der Waals surface area contributed by atoms with E-state index in [1.54, 1.807) is 24.6 Å². The minimum atomic E-state index is 0.744. The molecule has 0 amide bonds. The van der Waals surface area contributed by atoms with Gasteiger partial charge in [-0.15, -0.1) is 12.6 Å². The van der Waals surface area contributed by atoms with Crippen LogP contribution in [0.4, 0.5) is 0 Å². The Bertz CT molecular complexity index is 156. The van der Waals surface area contributed by atoms with E-state index in [-0.39, 0.29) is 0 Å². The molecule has 0 N–H and O–H groups in total. The van der Waals surface area contributed by atoms with Gasteiger partial charge in [0.05, 0.1) is 0 Å². The van der Waals surface area contributed by atoms with E-state index in [4.69, 9.17) is 0 Å². The number of allylic oxidation sites excluding steroid dienone is 2. The summed E-state index contributed by atoms with van der Waals surface area (Å²) in [6.07, 6.45) is 6.39. The maximum Gasteiger partial charge on any atom is 0.0401 e. The molecule has 0 aliphatic carbocycles. The highest BCUT2D eigenvalue weighted by Gasteiger charge is 1.72. The molecule has 0 rings (SSSR count). The highest BCUT2D eigenvalue weighted by molar-refractivity contribution is 7.84. The zero-order chi connectivity index (χ0) is 7.11. The van der Waals surface area contributed by atoms with Crippen LogP contribution in [0.15, 0.2) is 41.4 Å². The number of hydrogen-bond acceptors (Lipinski definition) is 2. The van der Waals surface area contributed by atoms with Crippen molar-refractivity contribution in [3.63, 3.8) is 0 Å². The summed E-state index contributed by atoms with van der Waals surface area (Å²) in [6, 6.07) is 0. The van der Waals surface area contributed by atoms with Crippen LogP contribution in [0.5, 0.6) is 0 Å². The number of hydrogen-bond donors (Lipinski definition) is 1. The molecule has 0 heterocycles.